The molecule has 0 bridgehead atoms. The van der Waals surface area contributed by atoms with Crippen molar-refractivity contribution in [3.8, 4) is 0 Å². The Hall–Kier alpha value is -2.96. The molecule has 3 unspecified atom stereocenters. The molecule has 3 fully saturated rings. The number of hydrogen-bond acceptors (Lipinski definition) is 8. The SMILES string of the molecule is Cc1ccccc1C1(OS(C)(=O)=O)C2CC(CN3CCOCC3)ON2CCN1C(=O)N(C)Cc1ccc(C(F)(F)F)c(C(F)(F)F)c1. The van der Waals surface area contributed by atoms with Gasteiger partial charge in [0.15, 0.2) is 0 Å². The Bertz CT molecular complexity index is 1570. The summed E-state index contributed by atoms with van der Waals surface area (Å²) in [5, 5.41) is 1.62. The number of nitrogens with zero attached hydrogens (tertiary/aromatic N) is 4. The van der Waals surface area contributed by atoms with Gasteiger partial charge in [0.05, 0.1) is 42.7 Å². The van der Waals surface area contributed by atoms with Crippen molar-refractivity contribution in [1.29, 1.82) is 0 Å². The van der Waals surface area contributed by atoms with Crippen molar-refractivity contribution in [1.82, 2.24) is 19.8 Å². The van der Waals surface area contributed by atoms with E-state index in [1.807, 2.05) is 0 Å². The molecule has 0 saturated carbocycles. The third kappa shape index (κ3) is 7.54. The fourth-order valence-electron chi connectivity index (χ4n) is 6.59. The molecular weight excluding hydrogens is 658 g/mol. The summed E-state index contributed by atoms with van der Waals surface area (Å²) in [4.78, 5) is 25.0. The van der Waals surface area contributed by atoms with Gasteiger partial charge in [-0.05, 0) is 36.6 Å². The summed E-state index contributed by atoms with van der Waals surface area (Å²) < 4.78 is 118. The number of halogens is 6. The van der Waals surface area contributed by atoms with Gasteiger partial charge in [0.1, 0.15) is 0 Å². The highest BCUT2D eigenvalue weighted by Gasteiger charge is 2.61. The van der Waals surface area contributed by atoms with Crippen LogP contribution in [0, 0.1) is 6.92 Å². The zero-order valence-electron chi connectivity index (χ0n) is 26.0. The Morgan fingerprint density at radius 1 is 1.00 bits per heavy atom. The predicted molar refractivity (Wildman–Crippen MR) is 156 cm³/mol. The Balaban J connectivity index is 1.52. The maximum atomic E-state index is 14.3. The highest BCUT2D eigenvalue weighted by atomic mass is 32.2. The van der Waals surface area contributed by atoms with E-state index < -0.39 is 57.9 Å². The van der Waals surface area contributed by atoms with Crippen molar-refractivity contribution in [3.63, 3.8) is 0 Å². The number of morpholine rings is 1. The molecule has 3 heterocycles. The Morgan fingerprint density at radius 2 is 1.66 bits per heavy atom. The van der Waals surface area contributed by atoms with Crippen LogP contribution in [0.3, 0.4) is 0 Å². The number of benzene rings is 2. The van der Waals surface area contributed by atoms with Crippen LogP contribution in [0.15, 0.2) is 42.5 Å². The zero-order valence-corrected chi connectivity index (χ0v) is 26.8. The van der Waals surface area contributed by atoms with Crippen molar-refractivity contribution in [2.75, 3.05) is 59.2 Å². The summed E-state index contributed by atoms with van der Waals surface area (Å²) in [6, 6.07) is 6.74. The van der Waals surface area contributed by atoms with Gasteiger partial charge in [-0.15, -0.1) is 0 Å². The van der Waals surface area contributed by atoms with E-state index in [-0.39, 0.29) is 31.2 Å². The molecule has 3 saturated heterocycles. The van der Waals surface area contributed by atoms with E-state index in [0.29, 0.717) is 56.1 Å². The molecule has 260 valence electrons. The van der Waals surface area contributed by atoms with Crippen LogP contribution in [-0.4, -0.2) is 106 Å². The first-order chi connectivity index (χ1) is 21.9. The van der Waals surface area contributed by atoms with Crippen molar-refractivity contribution in [2.24, 2.45) is 0 Å². The van der Waals surface area contributed by atoms with Gasteiger partial charge in [-0.2, -0.15) is 39.8 Å². The third-order valence-electron chi connectivity index (χ3n) is 8.56. The molecule has 2 aromatic rings. The van der Waals surface area contributed by atoms with E-state index in [1.165, 1.54) is 11.9 Å². The molecule has 2 amide bonds. The van der Waals surface area contributed by atoms with Crippen LogP contribution >= 0.6 is 0 Å². The molecule has 0 aromatic heterocycles. The molecule has 17 heteroatoms. The van der Waals surface area contributed by atoms with Crippen LogP contribution in [0.25, 0.3) is 0 Å². The van der Waals surface area contributed by atoms with Gasteiger partial charge in [-0.1, -0.05) is 30.3 Å². The van der Waals surface area contributed by atoms with Gasteiger partial charge in [-0.25, -0.2) is 8.98 Å². The largest absolute Gasteiger partial charge is 0.417 e. The number of rotatable bonds is 7. The second kappa shape index (κ2) is 13.2. The van der Waals surface area contributed by atoms with Gasteiger partial charge >= 0.3 is 18.4 Å². The Morgan fingerprint density at radius 3 is 2.28 bits per heavy atom. The third-order valence-corrected chi connectivity index (χ3v) is 9.12. The predicted octanol–water partition coefficient (Wildman–Crippen LogP) is 4.44. The summed E-state index contributed by atoms with van der Waals surface area (Å²) >= 11 is 0. The maximum absolute atomic E-state index is 14.3. The topological polar surface area (TPSA) is 91.9 Å². The molecule has 5 rings (SSSR count). The van der Waals surface area contributed by atoms with Crippen LogP contribution in [0.1, 0.15) is 34.2 Å². The summed E-state index contributed by atoms with van der Waals surface area (Å²) in [6.07, 6.45) is -9.80. The number of ether oxygens (including phenoxy) is 1. The molecule has 3 atom stereocenters. The lowest BCUT2D eigenvalue weighted by Gasteiger charge is -2.52. The van der Waals surface area contributed by atoms with E-state index in [4.69, 9.17) is 13.8 Å². The molecule has 3 aliphatic heterocycles. The number of carbonyl (C=O) groups excluding carboxylic acids is 1. The standard InChI is InChI=1S/C30H36F6N4O6S/c1-20-6-4-5-7-23(20)28(46-47(3,42)43)26-17-22(19-38-12-14-44-15-13-38)45-40(26)11-10-39(28)27(41)37(2)18-21-8-9-24(29(31,32)33)25(16-21)30(34,35)36/h4-9,16,22,26H,10-15,17-19H2,1-3H3. The van der Waals surface area contributed by atoms with E-state index in [1.54, 1.807) is 36.3 Å². The van der Waals surface area contributed by atoms with E-state index in [0.717, 1.165) is 17.2 Å². The van der Waals surface area contributed by atoms with Crippen molar-refractivity contribution < 1.29 is 53.3 Å². The molecule has 3 aliphatic rings. The van der Waals surface area contributed by atoms with Gasteiger partial charge in [0.2, 0.25) is 5.72 Å². The smallest absolute Gasteiger partial charge is 0.379 e. The minimum atomic E-state index is -5.30. The van der Waals surface area contributed by atoms with Gasteiger partial charge in [0.25, 0.3) is 10.1 Å². The Labute approximate surface area is 268 Å². The van der Waals surface area contributed by atoms with Gasteiger partial charge < -0.3 is 9.64 Å². The molecule has 0 radical (unpaired) electrons. The molecule has 0 spiro atoms. The lowest BCUT2D eigenvalue weighted by Crippen LogP contribution is -2.68. The van der Waals surface area contributed by atoms with Crippen LogP contribution in [0.4, 0.5) is 31.1 Å². The van der Waals surface area contributed by atoms with Crippen molar-refractivity contribution in [2.45, 2.75) is 50.1 Å². The van der Waals surface area contributed by atoms with Crippen molar-refractivity contribution in [3.05, 3.63) is 70.3 Å². The van der Waals surface area contributed by atoms with Crippen LogP contribution in [0.5, 0.6) is 0 Å². The minimum Gasteiger partial charge on any atom is -0.379 e. The van der Waals surface area contributed by atoms with E-state index in [9.17, 15) is 39.6 Å². The number of hydroxylamine groups is 2. The molecule has 0 aliphatic carbocycles. The molecule has 0 N–H and O–H groups in total. The number of amides is 2. The molecule has 47 heavy (non-hydrogen) atoms. The summed E-state index contributed by atoms with van der Waals surface area (Å²) in [7, 11) is -3.00. The highest BCUT2D eigenvalue weighted by molar-refractivity contribution is 7.86. The van der Waals surface area contributed by atoms with Crippen LogP contribution in [0.2, 0.25) is 0 Å². The average Bonchev–Trinajstić information content (AvgIpc) is 3.39. The van der Waals surface area contributed by atoms with Gasteiger partial charge in [-0.3, -0.25) is 14.6 Å². The maximum Gasteiger partial charge on any atom is 0.417 e. The first-order valence-electron chi connectivity index (χ1n) is 14.9. The number of aryl methyl sites for hydroxylation is 1. The lowest BCUT2D eigenvalue weighted by atomic mass is 9.85. The average molecular weight is 695 g/mol. The summed E-state index contributed by atoms with van der Waals surface area (Å²) in [6.45, 7) is 4.27. The molecule has 2 aromatic carbocycles. The number of fused-ring (bicyclic) bond motifs is 1. The molecular formula is C30H36F6N4O6S. The van der Waals surface area contributed by atoms with Gasteiger partial charge in [0, 0.05) is 51.9 Å². The minimum absolute atomic E-state index is 0.103. The number of urea groups is 1. The fourth-order valence-corrected chi connectivity index (χ4v) is 7.35. The summed E-state index contributed by atoms with van der Waals surface area (Å²) in [5.41, 5.74) is -4.91. The second-order valence-electron chi connectivity index (χ2n) is 12.0. The first kappa shape index (κ1) is 35.3. The number of hydrogen-bond donors (Lipinski definition) is 0. The monoisotopic (exact) mass is 694 g/mol. The number of alkyl halides is 6. The van der Waals surface area contributed by atoms with Crippen molar-refractivity contribution >= 4 is 16.1 Å². The highest BCUT2D eigenvalue weighted by Crippen LogP contribution is 2.47. The van der Waals surface area contributed by atoms with E-state index in [2.05, 4.69) is 4.90 Å². The quantitative estimate of drug-likeness (QED) is 0.311. The first-order valence-corrected chi connectivity index (χ1v) is 16.7. The second-order valence-corrected chi connectivity index (χ2v) is 13.6. The van der Waals surface area contributed by atoms with Crippen LogP contribution in [-0.2, 0) is 48.5 Å². The van der Waals surface area contributed by atoms with Crippen LogP contribution < -0.4 is 0 Å². The summed E-state index contributed by atoms with van der Waals surface area (Å²) in [5.74, 6) is 0. The molecule has 10 nitrogen and oxygen atoms in total. The number of carbonyl (C=O) groups is 1. The Kier molecular flexibility index (Phi) is 9.89. The normalized spacial score (nSPS) is 24.7. The lowest BCUT2D eigenvalue weighted by molar-refractivity contribution is -0.244. The zero-order chi connectivity index (χ0) is 34.4. The fraction of sp³-hybridized carbons (Fsp3) is 0.567. The van der Waals surface area contributed by atoms with E-state index >= 15 is 0 Å². The number of piperazine rings is 1.